The molecular weight excluding hydrogens is 334 g/mol. The number of thioether (sulfide) groups is 1. The molecule has 4 fully saturated rings. The maximum atomic E-state index is 13.0. The summed E-state index contributed by atoms with van der Waals surface area (Å²) in [5, 5.41) is 8.64. The van der Waals surface area contributed by atoms with Gasteiger partial charge in [-0.2, -0.15) is 0 Å². The van der Waals surface area contributed by atoms with E-state index >= 15 is 0 Å². The molecular formula is C19H21N3O2S. The van der Waals surface area contributed by atoms with Crippen LogP contribution in [0.15, 0.2) is 34.2 Å². The number of ketones is 1. The minimum absolute atomic E-state index is 0.0459. The van der Waals surface area contributed by atoms with Gasteiger partial charge in [0.25, 0.3) is 5.22 Å². The lowest BCUT2D eigenvalue weighted by Gasteiger charge is -2.55. The van der Waals surface area contributed by atoms with Crippen LogP contribution in [-0.2, 0) is 4.79 Å². The van der Waals surface area contributed by atoms with Crippen LogP contribution >= 0.6 is 11.8 Å². The molecule has 130 valence electrons. The summed E-state index contributed by atoms with van der Waals surface area (Å²) >= 11 is 1.39. The fraction of sp³-hybridized carbons (Fsp3) is 0.579. The molecule has 0 radical (unpaired) electrons. The molecule has 0 N–H and O–H groups in total. The number of aromatic nitrogens is 3. The summed E-state index contributed by atoms with van der Waals surface area (Å²) in [5.74, 6) is 3.71. The van der Waals surface area contributed by atoms with Crippen molar-refractivity contribution in [2.45, 2.75) is 43.7 Å². The highest BCUT2D eigenvalue weighted by molar-refractivity contribution is 7.99. The van der Waals surface area contributed by atoms with Crippen LogP contribution in [0, 0.1) is 23.2 Å². The average molecular weight is 355 g/mol. The molecule has 4 saturated carbocycles. The molecule has 0 unspecified atom stereocenters. The normalized spacial score (nSPS) is 32.9. The predicted octanol–water partition coefficient (Wildman–Crippen LogP) is 4.01. The van der Waals surface area contributed by atoms with Gasteiger partial charge in [-0.3, -0.25) is 9.78 Å². The summed E-state index contributed by atoms with van der Waals surface area (Å²) in [6, 6.07) is 3.67. The van der Waals surface area contributed by atoms with Crippen LogP contribution in [0.3, 0.4) is 0 Å². The van der Waals surface area contributed by atoms with Crippen molar-refractivity contribution in [3.63, 3.8) is 0 Å². The Hall–Kier alpha value is -1.69. The number of carbonyl (C=O) groups excluding carboxylic acids is 1. The van der Waals surface area contributed by atoms with Gasteiger partial charge >= 0.3 is 0 Å². The zero-order valence-electron chi connectivity index (χ0n) is 14.1. The molecule has 6 rings (SSSR count). The van der Waals surface area contributed by atoms with E-state index < -0.39 is 0 Å². The van der Waals surface area contributed by atoms with Gasteiger partial charge in [-0.25, -0.2) is 0 Å². The van der Waals surface area contributed by atoms with Crippen LogP contribution < -0.4 is 0 Å². The van der Waals surface area contributed by atoms with Crippen LogP contribution in [-0.4, -0.2) is 26.7 Å². The molecule has 0 spiro atoms. The Morgan fingerprint density at radius 3 is 2.36 bits per heavy atom. The third kappa shape index (κ3) is 2.80. The van der Waals surface area contributed by atoms with Gasteiger partial charge in [0, 0.05) is 23.4 Å². The van der Waals surface area contributed by atoms with E-state index in [0.717, 1.165) is 42.6 Å². The highest BCUT2D eigenvalue weighted by Gasteiger charge is 2.54. The Bertz CT molecular complexity index is 754. The van der Waals surface area contributed by atoms with Crippen molar-refractivity contribution >= 4 is 17.5 Å². The third-order valence-corrected chi connectivity index (χ3v) is 7.11. The third-order valence-electron chi connectivity index (χ3n) is 6.29. The van der Waals surface area contributed by atoms with Gasteiger partial charge in [-0.1, -0.05) is 11.8 Å². The minimum Gasteiger partial charge on any atom is -0.411 e. The first kappa shape index (κ1) is 15.6. The van der Waals surface area contributed by atoms with Crippen LogP contribution in [0.1, 0.15) is 38.5 Å². The van der Waals surface area contributed by atoms with Gasteiger partial charge in [0.15, 0.2) is 0 Å². The summed E-state index contributed by atoms with van der Waals surface area (Å²) < 4.78 is 5.70. The fourth-order valence-electron chi connectivity index (χ4n) is 5.61. The Labute approximate surface area is 151 Å². The van der Waals surface area contributed by atoms with Crippen molar-refractivity contribution in [3.05, 3.63) is 24.5 Å². The van der Waals surface area contributed by atoms with E-state index in [0.29, 0.717) is 22.6 Å². The largest absolute Gasteiger partial charge is 0.411 e. The molecule has 4 aliphatic rings. The first-order valence-electron chi connectivity index (χ1n) is 9.10. The lowest BCUT2D eigenvalue weighted by Crippen LogP contribution is -2.50. The molecule has 4 bridgehead atoms. The van der Waals surface area contributed by atoms with Crippen LogP contribution in [0.25, 0.3) is 11.5 Å². The number of rotatable bonds is 5. The van der Waals surface area contributed by atoms with E-state index in [1.807, 2.05) is 12.1 Å². The monoisotopic (exact) mass is 355 g/mol. The number of Topliss-reactive ketones (excluding diaryl/α,β-unsaturated/α-hetero) is 1. The summed E-state index contributed by atoms with van der Waals surface area (Å²) in [6.45, 7) is 0. The molecule has 2 heterocycles. The second kappa shape index (κ2) is 5.94. The van der Waals surface area contributed by atoms with E-state index in [4.69, 9.17) is 4.42 Å². The maximum absolute atomic E-state index is 13.0. The quantitative estimate of drug-likeness (QED) is 0.755. The van der Waals surface area contributed by atoms with E-state index in [1.54, 1.807) is 12.4 Å². The molecule has 6 heteroatoms. The van der Waals surface area contributed by atoms with Gasteiger partial charge in [0.2, 0.25) is 5.89 Å². The summed E-state index contributed by atoms with van der Waals surface area (Å²) in [7, 11) is 0. The Morgan fingerprint density at radius 1 is 1.08 bits per heavy atom. The lowest BCUT2D eigenvalue weighted by molar-refractivity contribution is -0.141. The number of nitrogens with zero attached hydrogens (tertiary/aromatic N) is 3. The number of pyridine rings is 1. The van der Waals surface area contributed by atoms with Crippen molar-refractivity contribution in [1.29, 1.82) is 0 Å². The molecule has 0 aliphatic heterocycles. The lowest BCUT2D eigenvalue weighted by atomic mass is 9.48. The highest BCUT2D eigenvalue weighted by atomic mass is 32.2. The molecule has 2 aromatic rings. The van der Waals surface area contributed by atoms with Crippen LogP contribution in [0.2, 0.25) is 0 Å². The van der Waals surface area contributed by atoms with Crippen LogP contribution in [0.5, 0.6) is 0 Å². The average Bonchev–Trinajstić information content (AvgIpc) is 3.08. The highest BCUT2D eigenvalue weighted by Crippen LogP contribution is 2.60. The van der Waals surface area contributed by atoms with Crippen molar-refractivity contribution in [1.82, 2.24) is 15.2 Å². The van der Waals surface area contributed by atoms with E-state index in [9.17, 15) is 4.79 Å². The molecule has 0 atom stereocenters. The Morgan fingerprint density at radius 2 is 1.72 bits per heavy atom. The smallest absolute Gasteiger partial charge is 0.277 e. The molecule has 5 nitrogen and oxygen atoms in total. The fourth-order valence-corrected chi connectivity index (χ4v) is 6.41. The van der Waals surface area contributed by atoms with Gasteiger partial charge < -0.3 is 4.42 Å². The van der Waals surface area contributed by atoms with Crippen molar-refractivity contribution in [3.8, 4) is 11.5 Å². The minimum atomic E-state index is -0.0459. The molecule has 0 amide bonds. The molecule has 0 aromatic carbocycles. The second-order valence-electron chi connectivity index (χ2n) is 8.02. The summed E-state index contributed by atoms with van der Waals surface area (Å²) in [4.78, 5) is 17.0. The molecule has 0 saturated heterocycles. The zero-order chi connectivity index (χ0) is 16.9. The van der Waals surface area contributed by atoms with E-state index in [2.05, 4.69) is 15.2 Å². The molecule has 2 aromatic heterocycles. The van der Waals surface area contributed by atoms with Crippen molar-refractivity contribution in [2.75, 3.05) is 5.75 Å². The van der Waals surface area contributed by atoms with E-state index in [1.165, 1.54) is 31.0 Å². The summed E-state index contributed by atoms with van der Waals surface area (Å²) in [6.07, 6.45) is 10.8. The first-order chi connectivity index (χ1) is 12.2. The maximum Gasteiger partial charge on any atom is 0.277 e. The van der Waals surface area contributed by atoms with Crippen molar-refractivity contribution in [2.24, 2.45) is 23.2 Å². The number of hydrogen-bond donors (Lipinski definition) is 0. The van der Waals surface area contributed by atoms with E-state index in [-0.39, 0.29) is 5.41 Å². The van der Waals surface area contributed by atoms with Gasteiger partial charge in [0.1, 0.15) is 5.78 Å². The zero-order valence-corrected chi connectivity index (χ0v) is 14.9. The first-order valence-corrected chi connectivity index (χ1v) is 10.1. The SMILES string of the molecule is O=C(CSc1nnc(-c2ccncc2)o1)C12CC3CC(CC(C3)C1)C2. The molecule has 4 aliphatic carbocycles. The Balaban J connectivity index is 1.26. The van der Waals surface area contributed by atoms with Gasteiger partial charge in [0.05, 0.1) is 5.75 Å². The van der Waals surface area contributed by atoms with Crippen LogP contribution in [0.4, 0.5) is 0 Å². The number of hydrogen-bond acceptors (Lipinski definition) is 6. The predicted molar refractivity (Wildman–Crippen MR) is 93.9 cm³/mol. The second-order valence-corrected chi connectivity index (χ2v) is 8.95. The van der Waals surface area contributed by atoms with Gasteiger partial charge in [-0.05, 0) is 68.4 Å². The number of carbonyl (C=O) groups is 1. The topological polar surface area (TPSA) is 68.9 Å². The Kier molecular flexibility index (Phi) is 3.69. The summed E-state index contributed by atoms with van der Waals surface area (Å²) in [5.41, 5.74) is 0.803. The molecule has 25 heavy (non-hydrogen) atoms. The standard InChI is InChI=1S/C19H21N3O2S/c23-16(19-8-12-5-13(9-19)7-14(6-12)10-19)11-25-18-22-21-17(24-18)15-1-3-20-4-2-15/h1-4,12-14H,5-11H2. The van der Waals surface area contributed by atoms with Gasteiger partial charge in [-0.15, -0.1) is 10.2 Å². The van der Waals surface area contributed by atoms with Crippen molar-refractivity contribution < 1.29 is 9.21 Å².